The molecule has 7 heteroatoms. The Labute approximate surface area is 184 Å². The van der Waals surface area contributed by atoms with Crippen LogP contribution in [0.25, 0.3) is 0 Å². The zero-order valence-corrected chi connectivity index (χ0v) is 19.6. The number of hydrogen-bond donors (Lipinski definition) is 2. The molecule has 0 aliphatic heterocycles. The van der Waals surface area contributed by atoms with Crippen LogP contribution in [0.5, 0.6) is 46.0 Å². The molecular formula is C24H34O7. The van der Waals surface area contributed by atoms with Crippen LogP contribution in [-0.4, -0.2) is 34.6 Å². The van der Waals surface area contributed by atoms with Gasteiger partial charge in [0.1, 0.15) is 0 Å². The number of phenols is 2. The molecule has 0 aliphatic carbocycles. The fraction of sp³-hybridized carbons (Fsp3) is 0.500. The van der Waals surface area contributed by atoms with E-state index in [9.17, 15) is 10.2 Å². The van der Waals surface area contributed by atoms with Crippen LogP contribution < -0.4 is 23.7 Å². The summed E-state index contributed by atoms with van der Waals surface area (Å²) in [6, 6.07) is 6.06. The van der Waals surface area contributed by atoms with Crippen LogP contribution in [0, 0.1) is 0 Å². The van der Waals surface area contributed by atoms with Crippen molar-refractivity contribution in [3.8, 4) is 46.0 Å². The van der Waals surface area contributed by atoms with Gasteiger partial charge in [-0.2, -0.15) is 0 Å². The average molecular weight is 435 g/mol. The van der Waals surface area contributed by atoms with Crippen molar-refractivity contribution in [1.82, 2.24) is 0 Å². The minimum atomic E-state index is -0.148. The van der Waals surface area contributed by atoms with E-state index in [2.05, 4.69) is 0 Å². The van der Waals surface area contributed by atoms with Gasteiger partial charge in [-0.05, 0) is 55.4 Å². The number of phenolic OH excluding ortho intramolecular Hbond substituents is 2. The lowest BCUT2D eigenvalue weighted by atomic mass is 10.2. The Morgan fingerprint density at radius 2 is 0.742 bits per heavy atom. The summed E-state index contributed by atoms with van der Waals surface area (Å²) in [7, 11) is 0. The molecule has 172 valence electrons. The van der Waals surface area contributed by atoms with Gasteiger partial charge in [-0.1, -0.05) is 0 Å². The molecule has 0 atom stereocenters. The van der Waals surface area contributed by atoms with Crippen molar-refractivity contribution in [3.63, 3.8) is 0 Å². The Hall–Kier alpha value is -2.96. The van der Waals surface area contributed by atoms with Gasteiger partial charge in [-0.15, -0.1) is 0 Å². The van der Waals surface area contributed by atoms with E-state index in [0.29, 0.717) is 23.0 Å². The van der Waals surface area contributed by atoms with Gasteiger partial charge in [-0.3, -0.25) is 0 Å². The first-order valence-electron chi connectivity index (χ1n) is 10.5. The monoisotopic (exact) mass is 434 g/mol. The van der Waals surface area contributed by atoms with E-state index < -0.39 is 0 Å². The van der Waals surface area contributed by atoms with Crippen LogP contribution >= 0.6 is 0 Å². The van der Waals surface area contributed by atoms with Gasteiger partial charge in [0.15, 0.2) is 46.0 Å². The lowest BCUT2D eigenvalue weighted by Crippen LogP contribution is -2.10. The van der Waals surface area contributed by atoms with Gasteiger partial charge < -0.3 is 33.9 Å². The molecule has 0 spiro atoms. The molecule has 0 aliphatic rings. The van der Waals surface area contributed by atoms with Gasteiger partial charge in [0, 0.05) is 24.3 Å². The van der Waals surface area contributed by atoms with Gasteiger partial charge in [0.05, 0.1) is 24.4 Å². The quantitative estimate of drug-likeness (QED) is 0.471. The molecule has 31 heavy (non-hydrogen) atoms. The normalized spacial score (nSPS) is 11.4. The predicted molar refractivity (Wildman–Crippen MR) is 119 cm³/mol. The molecule has 0 radical (unpaired) electrons. The standard InChI is InChI=1S/C24H34O7/c1-13(2)27-19-11-23(21(9-17(19)25)29-15(5)6)31-24-12-20(28-14(3)4)18(26)10-22(24)30-16(7)8/h9-16,25-26H,1-8H3. The van der Waals surface area contributed by atoms with Crippen molar-refractivity contribution < 1.29 is 33.9 Å². The molecule has 0 amide bonds. The van der Waals surface area contributed by atoms with E-state index >= 15 is 0 Å². The van der Waals surface area contributed by atoms with Crippen LogP contribution in [0.3, 0.4) is 0 Å². The molecule has 0 unspecified atom stereocenters. The fourth-order valence-electron chi connectivity index (χ4n) is 2.73. The lowest BCUT2D eigenvalue weighted by Gasteiger charge is -2.21. The summed E-state index contributed by atoms with van der Waals surface area (Å²) in [6.07, 6.45) is -0.584. The molecule has 7 nitrogen and oxygen atoms in total. The van der Waals surface area contributed by atoms with Gasteiger partial charge in [0.25, 0.3) is 0 Å². The van der Waals surface area contributed by atoms with Gasteiger partial charge in [-0.25, -0.2) is 0 Å². The van der Waals surface area contributed by atoms with Gasteiger partial charge >= 0.3 is 0 Å². The number of hydrogen-bond acceptors (Lipinski definition) is 7. The summed E-state index contributed by atoms with van der Waals surface area (Å²) >= 11 is 0. The van der Waals surface area contributed by atoms with Crippen LogP contribution in [0.1, 0.15) is 55.4 Å². The zero-order chi connectivity index (χ0) is 23.3. The molecule has 0 fully saturated rings. The maximum Gasteiger partial charge on any atom is 0.173 e. The number of ether oxygens (including phenoxy) is 5. The van der Waals surface area contributed by atoms with Crippen molar-refractivity contribution in [1.29, 1.82) is 0 Å². The molecule has 0 saturated carbocycles. The summed E-state index contributed by atoms with van der Waals surface area (Å²) in [5.74, 6) is 1.79. The topological polar surface area (TPSA) is 86.6 Å². The third-order valence-corrected chi connectivity index (χ3v) is 3.72. The molecule has 2 aromatic carbocycles. The summed E-state index contributed by atoms with van der Waals surface area (Å²) < 4.78 is 29.2. The third kappa shape index (κ3) is 7.05. The highest BCUT2D eigenvalue weighted by Crippen LogP contribution is 2.46. The van der Waals surface area contributed by atoms with E-state index in [1.165, 1.54) is 12.1 Å². The van der Waals surface area contributed by atoms with Crippen LogP contribution in [0.2, 0.25) is 0 Å². The zero-order valence-electron chi connectivity index (χ0n) is 19.6. The first-order valence-corrected chi connectivity index (χ1v) is 10.5. The van der Waals surface area contributed by atoms with Crippen molar-refractivity contribution in [2.45, 2.75) is 79.8 Å². The Kier molecular flexibility index (Phi) is 8.14. The summed E-state index contributed by atoms with van der Waals surface area (Å²) in [4.78, 5) is 0. The van der Waals surface area contributed by atoms with Gasteiger partial charge in [0.2, 0.25) is 0 Å². The van der Waals surface area contributed by atoms with Crippen LogP contribution in [-0.2, 0) is 0 Å². The Bertz CT molecular complexity index is 801. The van der Waals surface area contributed by atoms with Crippen molar-refractivity contribution in [2.75, 3.05) is 0 Å². The minimum absolute atomic E-state index is 0.0510. The highest BCUT2D eigenvalue weighted by Gasteiger charge is 2.20. The van der Waals surface area contributed by atoms with E-state index in [0.717, 1.165) is 0 Å². The lowest BCUT2D eigenvalue weighted by molar-refractivity contribution is 0.211. The Morgan fingerprint density at radius 1 is 0.452 bits per heavy atom. The molecule has 2 N–H and O–H groups in total. The second-order valence-electron chi connectivity index (χ2n) is 8.30. The Balaban J connectivity index is 2.57. The number of rotatable bonds is 10. The SMILES string of the molecule is CC(C)Oc1cc(Oc2cc(OC(C)C)c(O)cc2OC(C)C)c(OC(C)C)cc1O. The highest BCUT2D eigenvalue weighted by atomic mass is 16.6. The molecular weight excluding hydrogens is 400 g/mol. The maximum atomic E-state index is 10.4. The molecule has 0 aromatic heterocycles. The first kappa shape index (κ1) is 24.3. The third-order valence-electron chi connectivity index (χ3n) is 3.72. The fourth-order valence-corrected chi connectivity index (χ4v) is 2.73. The van der Waals surface area contributed by atoms with Crippen molar-refractivity contribution >= 4 is 0 Å². The van der Waals surface area contributed by atoms with E-state index in [1.54, 1.807) is 12.1 Å². The molecule has 2 aromatic rings. The summed E-state index contributed by atoms with van der Waals surface area (Å²) in [5, 5.41) is 20.7. The summed E-state index contributed by atoms with van der Waals surface area (Å²) in [6.45, 7) is 15.0. The largest absolute Gasteiger partial charge is 0.504 e. The van der Waals surface area contributed by atoms with E-state index in [4.69, 9.17) is 23.7 Å². The second-order valence-corrected chi connectivity index (χ2v) is 8.30. The molecule has 2 rings (SSSR count). The first-order chi connectivity index (χ1) is 14.5. The smallest absolute Gasteiger partial charge is 0.173 e. The number of benzene rings is 2. The van der Waals surface area contributed by atoms with E-state index in [1.807, 2.05) is 55.4 Å². The van der Waals surface area contributed by atoms with Crippen LogP contribution in [0.15, 0.2) is 24.3 Å². The average Bonchev–Trinajstić information content (AvgIpc) is 2.60. The molecule has 0 saturated heterocycles. The highest BCUT2D eigenvalue weighted by molar-refractivity contribution is 5.59. The minimum Gasteiger partial charge on any atom is -0.504 e. The molecule has 0 heterocycles. The maximum absolute atomic E-state index is 10.4. The molecule has 0 bridgehead atoms. The van der Waals surface area contributed by atoms with Crippen LogP contribution in [0.4, 0.5) is 0 Å². The summed E-state index contributed by atoms with van der Waals surface area (Å²) in [5.41, 5.74) is 0. The number of aromatic hydroxyl groups is 2. The van der Waals surface area contributed by atoms with Crippen molar-refractivity contribution in [2.24, 2.45) is 0 Å². The predicted octanol–water partition coefficient (Wildman–Crippen LogP) is 6.04. The Morgan fingerprint density at radius 3 is 1.03 bits per heavy atom. The van der Waals surface area contributed by atoms with Crippen molar-refractivity contribution in [3.05, 3.63) is 24.3 Å². The second kappa shape index (κ2) is 10.4. The van der Waals surface area contributed by atoms with E-state index in [-0.39, 0.29) is 47.4 Å².